The molecule has 0 amide bonds. The van der Waals surface area contributed by atoms with Crippen LogP contribution >= 0.6 is 23.4 Å². The molecule has 0 aliphatic carbocycles. The molecule has 0 fully saturated rings. The molecule has 0 atom stereocenters. The van der Waals surface area contributed by atoms with Crippen LogP contribution in [-0.2, 0) is 0 Å². The summed E-state index contributed by atoms with van der Waals surface area (Å²) in [6, 6.07) is 3.99. The molecule has 0 saturated carbocycles. The molecule has 0 spiro atoms. The van der Waals surface area contributed by atoms with Crippen LogP contribution in [-0.4, -0.2) is 31.1 Å². The zero-order valence-electron chi connectivity index (χ0n) is 10.1. The summed E-state index contributed by atoms with van der Waals surface area (Å²) in [4.78, 5) is 7.58. The molecule has 2 nitrogen and oxygen atoms in total. The van der Waals surface area contributed by atoms with E-state index < -0.39 is 0 Å². The van der Waals surface area contributed by atoms with Crippen molar-refractivity contribution in [1.29, 1.82) is 0 Å². The summed E-state index contributed by atoms with van der Waals surface area (Å²) < 4.78 is 0. The summed E-state index contributed by atoms with van der Waals surface area (Å²) in [6.45, 7) is 5.09. The summed E-state index contributed by atoms with van der Waals surface area (Å²) in [5, 5.41) is 0.704. The van der Waals surface area contributed by atoms with Crippen LogP contribution in [0.4, 0.5) is 5.69 Å². The van der Waals surface area contributed by atoms with E-state index in [1.165, 1.54) is 10.5 Å². The minimum Gasteiger partial charge on any atom is -0.366 e. The van der Waals surface area contributed by atoms with Crippen molar-refractivity contribution in [3.8, 4) is 0 Å². The number of rotatable bonds is 4. The predicted octanol–water partition coefficient (Wildman–Crippen LogP) is 3.98. The van der Waals surface area contributed by atoms with Gasteiger partial charge in [-0.05, 0) is 37.8 Å². The first kappa shape index (κ1) is 13.4. The third-order valence-corrected chi connectivity index (χ3v) is 3.54. The zero-order chi connectivity index (χ0) is 12.1. The molecular weight excluding hydrogens is 240 g/mol. The van der Waals surface area contributed by atoms with E-state index in [0.29, 0.717) is 5.02 Å². The maximum atomic E-state index is 6.16. The largest absolute Gasteiger partial charge is 0.366 e. The van der Waals surface area contributed by atoms with Crippen LogP contribution in [0.5, 0.6) is 0 Å². The number of benzene rings is 1. The topological polar surface area (TPSA) is 15.6 Å². The number of aliphatic imine (C=N–C) groups is 1. The van der Waals surface area contributed by atoms with E-state index in [2.05, 4.69) is 18.8 Å². The SMILES string of the molecule is CCN(C)/C=N/c1cc(C)c(SC)cc1Cl. The van der Waals surface area contributed by atoms with Gasteiger partial charge in [-0.3, -0.25) is 0 Å². The fraction of sp³-hybridized carbons (Fsp3) is 0.417. The van der Waals surface area contributed by atoms with Crippen molar-refractivity contribution in [2.24, 2.45) is 4.99 Å². The average Bonchev–Trinajstić information content (AvgIpc) is 2.29. The maximum Gasteiger partial charge on any atom is 0.0910 e. The predicted molar refractivity (Wildman–Crippen MR) is 74.4 cm³/mol. The Hall–Kier alpha value is -0.670. The molecule has 1 aromatic rings. The Bertz CT molecular complexity index is 391. The summed E-state index contributed by atoms with van der Waals surface area (Å²) >= 11 is 7.86. The molecule has 0 unspecified atom stereocenters. The van der Waals surface area contributed by atoms with Gasteiger partial charge in [0.2, 0.25) is 0 Å². The Kier molecular flexibility index (Phi) is 5.16. The highest BCUT2D eigenvalue weighted by Crippen LogP contribution is 2.32. The lowest BCUT2D eigenvalue weighted by atomic mass is 10.2. The van der Waals surface area contributed by atoms with Gasteiger partial charge in [-0.25, -0.2) is 4.99 Å². The van der Waals surface area contributed by atoms with Gasteiger partial charge in [-0.15, -0.1) is 11.8 Å². The van der Waals surface area contributed by atoms with E-state index >= 15 is 0 Å². The fourth-order valence-electron chi connectivity index (χ4n) is 1.21. The van der Waals surface area contributed by atoms with Gasteiger partial charge in [-0.1, -0.05) is 11.6 Å². The van der Waals surface area contributed by atoms with Gasteiger partial charge in [0.25, 0.3) is 0 Å². The first-order valence-electron chi connectivity index (χ1n) is 5.17. The number of hydrogen-bond acceptors (Lipinski definition) is 2. The van der Waals surface area contributed by atoms with Gasteiger partial charge in [0.05, 0.1) is 17.0 Å². The molecule has 0 aliphatic heterocycles. The second kappa shape index (κ2) is 6.16. The van der Waals surface area contributed by atoms with E-state index in [1.54, 1.807) is 18.1 Å². The molecule has 0 saturated heterocycles. The molecule has 88 valence electrons. The normalized spacial score (nSPS) is 11.1. The summed E-state index contributed by atoms with van der Waals surface area (Å²) in [7, 11) is 1.99. The molecule has 0 radical (unpaired) electrons. The van der Waals surface area contributed by atoms with Crippen LogP contribution < -0.4 is 0 Å². The Morgan fingerprint density at radius 2 is 2.19 bits per heavy atom. The van der Waals surface area contributed by atoms with E-state index in [1.807, 2.05) is 30.3 Å². The van der Waals surface area contributed by atoms with E-state index in [4.69, 9.17) is 11.6 Å². The summed E-state index contributed by atoms with van der Waals surface area (Å²) in [5.41, 5.74) is 2.04. The first-order valence-corrected chi connectivity index (χ1v) is 6.77. The van der Waals surface area contributed by atoms with Crippen LogP contribution in [0.15, 0.2) is 22.0 Å². The Morgan fingerprint density at radius 1 is 1.50 bits per heavy atom. The molecule has 1 aromatic carbocycles. The Labute approximate surface area is 107 Å². The summed E-state index contributed by atoms with van der Waals surface area (Å²) in [5.74, 6) is 0. The highest BCUT2D eigenvalue weighted by molar-refractivity contribution is 7.98. The third kappa shape index (κ3) is 3.42. The van der Waals surface area contributed by atoms with Crippen molar-refractivity contribution in [3.63, 3.8) is 0 Å². The molecule has 1 rings (SSSR count). The van der Waals surface area contributed by atoms with Crippen molar-refractivity contribution in [2.75, 3.05) is 19.8 Å². The molecule has 16 heavy (non-hydrogen) atoms. The second-order valence-electron chi connectivity index (χ2n) is 3.59. The fourth-order valence-corrected chi connectivity index (χ4v) is 2.10. The lowest BCUT2D eigenvalue weighted by Gasteiger charge is -2.09. The van der Waals surface area contributed by atoms with E-state index in [-0.39, 0.29) is 0 Å². The number of nitrogens with zero attached hydrogens (tertiary/aromatic N) is 2. The van der Waals surface area contributed by atoms with Crippen LogP contribution in [0.3, 0.4) is 0 Å². The molecule has 0 bridgehead atoms. The number of hydrogen-bond donors (Lipinski definition) is 0. The van der Waals surface area contributed by atoms with E-state index in [9.17, 15) is 0 Å². The van der Waals surface area contributed by atoms with Crippen LogP contribution in [0.25, 0.3) is 0 Å². The highest BCUT2D eigenvalue weighted by Gasteiger charge is 2.04. The highest BCUT2D eigenvalue weighted by atomic mass is 35.5. The van der Waals surface area contributed by atoms with Gasteiger partial charge >= 0.3 is 0 Å². The van der Waals surface area contributed by atoms with Crippen LogP contribution in [0, 0.1) is 6.92 Å². The number of thioether (sulfide) groups is 1. The monoisotopic (exact) mass is 256 g/mol. The Morgan fingerprint density at radius 3 is 2.75 bits per heavy atom. The van der Waals surface area contributed by atoms with Crippen molar-refractivity contribution in [1.82, 2.24) is 4.90 Å². The van der Waals surface area contributed by atoms with Crippen molar-refractivity contribution >= 4 is 35.4 Å². The standard InChI is InChI=1S/C12H17ClN2S/c1-5-15(3)8-14-11-6-9(2)12(16-4)7-10(11)13/h6-8H,5H2,1-4H3/b14-8+. The van der Waals surface area contributed by atoms with Crippen molar-refractivity contribution in [2.45, 2.75) is 18.7 Å². The Balaban J connectivity index is 2.98. The quantitative estimate of drug-likeness (QED) is 0.460. The molecule has 0 N–H and O–H groups in total. The lowest BCUT2D eigenvalue weighted by Crippen LogP contribution is -2.14. The number of halogens is 1. The van der Waals surface area contributed by atoms with Crippen LogP contribution in [0.2, 0.25) is 5.02 Å². The van der Waals surface area contributed by atoms with Crippen molar-refractivity contribution < 1.29 is 0 Å². The first-order chi connectivity index (χ1) is 7.58. The van der Waals surface area contributed by atoms with Gasteiger partial charge in [0.1, 0.15) is 0 Å². The number of aryl methyl sites for hydroxylation is 1. The zero-order valence-corrected chi connectivity index (χ0v) is 11.7. The minimum absolute atomic E-state index is 0.704. The smallest absolute Gasteiger partial charge is 0.0910 e. The average molecular weight is 257 g/mol. The van der Waals surface area contributed by atoms with Crippen LogP contribution in [0.1, 0.15) is 12.5 Å². The maximum absolute atomic E-state index is 6.16. The second-order valence-corrected chi connectivity index (χ2v) is 4.85. The van der Waals surface area contributed by atoms with Gasteiger partial charge in [0.15, 0.2) is 0 Å². The van der Waals surface area contributed by atoms with Gasteiger partial charge in [0, 0.05) is 18.5 Å². The molecule has 0 heterocycles. The molecular formula is C12H17ClN2S. The molecule has 4 heteroatoms. The van der Waals surface area contributed by atoms with Gasteiger partial charge < -0.3 is 4.90 Å². The minimum atomic E-state index is 0.704. The van der Waals surface area contributed by atoms with Gasteiger partial charge in [-0.2, -0.15) is 0 Å². The molecule has 0 aliphatic rings. The summed E-state index contributed by atoms with van der Waals surface area (Å²) in [6.07, 6.45) is 3.85. The van der Waals surface area contributed by atoms with E-state index in [0.717, 1.165) is 12.2 Å². The lowest BCUT2D eigenvalue weighted by molar-refractivity contribution is 0.552. The molecule has 0 aromatic heterocycles. The third-order valence-electron chi connectivity index (χ3n) is 2.36. The van der Waals surface area contributed by atoms with Crippen molar-refractivity contribution in [3.05, 3.63) is 22.7 Å².